The smallest absolute Gasteiger partial charge is 0.327 e. The van der Waals surface area contributed by atoms with Crippen molar-refractivity contribution in [2.45, 2.75) is 13.1 Å². The van der Waals surface area contributed by atoms with Crippen LogP contribution in [-0.2, 0) is 22.6 Å². The third kappa shape index (κ3) is 3.82. The molecule has 8 nitrogen and oxygen atoms in total. The predicted molar refractivity (Wildman–Crippen MR) is 76.2 cm³/mol. The van der Waals surface area contributed by atoms with E-state index in [0.717, 1.165) is 4.68 Å². The van der Waals surface area contributed by atoms with Crippen LogP contribution in [0.4, 0.5) is 5.69 Å². The molecule has 1 N–H and O–H groups in total. The molecule has 0 aliphatic heterocycles. The SMILES string of the molecule is COC(=O)Cn1ncc(NCCn2ccnc2)c(Cl)c1=O. The zero-order valence-electron chi connectivity index (χ0n) is 11.3. The van der Waals surface area contributed by atoms with Gasteiger partial charge in [0.25, 0.3) is 5.56 Å². The molecule has 0 amide bonds. The maximum absolute atomic E-state index is 11.9. The van der Waals surface area contributed by atoms with Gasteiger partial charge in [0.1, 0.15) is 11.6 Å². The van der Waals surface area contributed by atoms with Crippen molar-refractivity contribution < 1.29 is 9.53 Å². The summed E-state index contributed by atoms with van der Waals surface area (Å²) >= 11 is 5.98. The summed E-state index contributed by atoms with van der Waals surface area (Å²) in [6.45, 7) is 0.949. The number of rotatable bonds is 6. The highest BCUT2D eigenvalue weighted by molar-refractivity contribution is 6.32. The van der Waals surface area contributed by atoms with Crippen LogP contribution in [0.25, 0.3) is 0 Å². The molecule has 9 heteroatoms. The second kappa shape index (κ2) is 6.89. The van der Waals surface area contributed by atoms with Gasteiger partial charge < -0.3 is 14.6 Å². The zero-order valence-corrected chi connectivity index (χ0v) is 12.1. The number of hydrogen-bond acceptors (Lipinski definition) is 6. The second-order valence-electron chi connectivity index (χ2n) is 4.14. The standard InChI is InChI=1S/C12H14ClN5O3/c1-21-10(19)7-18-12(20)11(13)9(6-16-18)15-3-5-17-4-2-14-8-17/h2,4,6,8,15H,3,5,7H2,1H3. The van der Waals surface area contributed by atoms with Crippen LogP contribution < -0.4 is 10.9 Å². The molecule has 2 aromatic heterocycles. The van der Waals surface area contributed by atoms with Crippen LogP contribution in [0.2, 0.25) is 5.02 Å². The molecule has 2 rings (SSSR count). The number of imidazole rings is 1. The van der Waals surface area contributed by atoms with E-state index in [1.165, 1.54) is 13.3 Å². The molecule has 2 heterocycles. The van der Waals surface area contributed by atoms with Gasteiger partial charge in [-0.05, 0) is 0 Å². The molecule has 0 saturated carbocycles. The Balaban J connectivity index is 2.02. The number of anilines is 1. The van der Waals surface area contributed by atoms with Gasteiger partial charge in [0.05, 0.1) is 25.3 Å². The Bertz CT molecular complexity index is 668. The second-order valence-corrected chi connectivity index (χ2v) is 4.52. The van der Waals surface area contributed by atoms with Gasteiger partial charge in [-0.2, -0.15) is 5.10 Å². The maximum Gasteiger partial charge on any atom is 0.327 e. The fraction of sp³-hybridized carbons (Fsp3) is 0.333. The summed E-state index contributed by atoms with van der Waals surface area (Å²) in [5.41, 5.74) is -0.127. The summed E-state index contributed by atoms with van der Waals surface area (Å²) < 4.78 is 7.31. The van der Waals surface area contributed by atoms with E-state index in [2.05, 4.69) is 20.1 Å². The lowest BCUT2D eigenvalue weighted by Crippen LogP contribution is -2.28. The first-order valence-corrected chi connectivity index (χ1v) is 6.51. The summed E-state index contributed by atoms with van der Waals surface area (Å²) in [6.07, 6.45) is 6.61. The quantitative estimate of drug-likeness (QED) is 0.775. The topological polar surface area (TPSA) is 91.0 Å². The highest BCUT2D eigenvalue weighted by Crippen LogP contribution is 2.14. The summed E-state index contributed by atoms with van der Waals surface area (Å²) in [5, 5.41) is 6.88. The molecule has 2 aromatic rings. The minimum Gasteiger partial charge on any atom is -0.468 e. The molecular weight excluding hydrogens is 298 g/mol. The highest BCUT2D eigenvalue weighted by atomic mass is 35.5. The number of halogens is 1. The lowest BCUT2D eigenvalue weighted by Gasteiger charge is -2.10. The van der Waals surface area contributed by atoms with Gasteiger partial charge in [0.2, 0.25) is 0 Å². The first-order chi connectivity index (χ1) is 10.1. The Hall–Kier alpha value is -2.35. The molecule has 0 saturated heterocycles. The number of aromatic nitrogens is 4. The van der Waals surface area contributed by atoms with Crippen LogP contribution in [0.3, 0.4) is 0 Å². The summed E-state index contributed by atoms with van der Waals surface area (Å²) in [5.74, 6) is -0.568. The fourth-order valence-corrected chi connectivity index (χ4v) is 1.84. The van der Waals surface area contributed by atoms with E-state index in [1.54, 1.807) is 12.5 Å². The molecule has 21 heavy (non-hydrogen) atoms. The van der Waals surface area contributed by atoms with Gasteiger partial charge in [-0.25, -0.2) is 9.67 Å². The fourth-order valence-electron chi connectivity index (χ4n) is 1.63. The Kier molecular flexibility index (Phi) is 4.94. The summed E-state index contributed by atoms with van der Waals surface area (Å²) in [6, 6.07) is 0. The van der Waals surface area contributed by atoms with E-state index < -0.39 is 11.5 Å². The van der Waals surface area contributed by atoms with Crippen molar-refractivity contribution in [2.75, 3.05) is 19.0 Å². The Morgan fingerprint density at radius 2 is 2.33 bits per heavy atom. The molecule has 0 radical (unpaired) electrons. The van der Waals surface area contributed by atoms with Gasteiger partial charge in [-0.1, -0.05) is 11.6 Å². The third-order valence-electron chi connectivity index (χ3n) is 2.74. The highest BCUT2D eigenvalue weighted by Gasteiger charge is 2.11. The number of nitrogens with one attached hydrogen (secondary N) is 1. The number of hydrogen-bond donors (Lipinski definition) is 1. The molecule has 0 aliphatic carbocycles. The molecule has 0 aromatic carbocycles. The van der Waals surface area contributed by atoms with Crippen molar-refractivity contribution in [3.8, 4) is 0 Å². The lowest BCUT2D eigenvalue weighted by molar-refractivity contribution is -0.141. The van der Waals surface area contributed by atoms with Crippen molar-refractivity contribution in [2.24, 2.45) is 0 Å². The average molecular weight is 312 g/mol. The zero-order chi connectivity index (χ0) is 15.2. The molecule has 0 unspecified atom stereocenters. The van der Waals surface area contributed by atoms with Crippen molar-refractivity contribution in [1.29, 1.82) is 0 Å². The van der Waals surface area contributed by atoms with Crippen molar-refractivity contribution >= 4 is 23.3 Å². The van der Waals surface area contributed by atoms with Gasteiger partial charge in [-0.3, -0.25) is 9.59 Å². The van der Waals surface area contributed by atoms with Crippen LogP contribution in [0, 0.1) is 0 Å². The van der Waals surface area contributed by atoms with Crippen molar-refractivity contribution in [3.63, 3.8) is 0 Å². The molecule has 0 fully saturated rings. The predicted octanol–water partition coefficient (Wildman–Crippen LogP) is 0.378. The minimum atomic E-state index is -0.568. The molecule has 0 spiro atoms. The Labute approximate surface area is 125 Å². The first kappa shape index (κ1) is 15.0. The monoisotopic (exact) mass is 311 g/mol. The lowest BCUT2D eigenvalue weighted by atomic mass is 10.4. The molecular formula is C12H14ClN5O3. The Morgan fingerprint density at radius 1 is 1.52 bits per heavy atom. The number of nitrogens with zero attached hydrogens (tertiary/aromatic N) is 4. The Morgan fingerprint density at radius 3 is 3.00 bits per heavy atom. The van der Waals surface area contributed by atoms with E-state index in [0.29, 0.717) is 18.8 Å². The van der Waals surface area contributed by atoms with Crippen LogP contribution >= 0.6 is 11.6 Å². The first-order valence-electron chi connectivity index (χ1n) is 6.14. The average Bonchev–Trinajstić information content (AvgIpc) is 2.99. The number of methoxy groups -OCH3 is 1. The number of esters is 1. The van der Waals surface area contributed by atoms with Gasteiger partial charge in [0.15, 0.2) is 0 Å². The van der Waals surface area contributed by atoms with E-state index in [9.17, 15) is 9.59 Å². The van der Waals surface area contributed by atoms with Crippen LogP contribution in [0.1, 0.15) is 0 Å². The van der Waals surface area contributed by atoms with Crippen LogP contribution in [-0.4, -0.2) is 39.0 Å². The molecule has 0 atom stereocenters. The van der Waals surface area contributed by atoms with E-state index in [1.807, 2.05) is 10.8 Å². The maximum atomic E-state index is 11.9. The number of carbonyl (C=O) groups is 1. The minimum absolute atomic E-state index is 0.0143. The largest absolute Gasteiger partial charge is 0.468 e. The van der Waals surface area contributed by atoms with E-state index in [4.69, 9.17) is 11.6 Å². The van der Waals surface area contributed by atoms with E-state index >= 15 is 0 Å². The molecule has 0 aliphatic rings. The van der Waals surface area contributed by atoms with Gasteiger partial charge >= 0.3 is 5.97 Å². The van der Waals surface area contributed by atoms with Crippen molar-refractivity contribution in [3.05, 3.63) is 40.3 Å². The van der Waals surface area contributed by atoms with Crippen molar-refractivity contribution in [1.82, 2.24) is 19.3 Å². The summed E-state index contributed by atoms with van der Waals surface area (Å²) in [7, 11) is 1.24. The normalized spacial score (nSPS) is 10.4. The van der Waals surface area contributed by atoms with Gasteiger partial charge in [-0.15, -0.1) is 0 Å². The third-order valence-corrected chi connectivity index (χ3v) is 3.10. The van der Waals surface area contributed by atoms with Crippen LogP contribution in [0.15, 0.2) is 29.7 Å². The number of carbonyl (C=O) groups excluding carboxylic acids is 1. The summed E-state index contributed by atoms with van der Waals surface area (Å²) in [4.78, 5) is 27.0. The molecule has 0 bridgehead atoms. The molecule has 112 valence electrons. The number of ether oxygens (including phenoxy) is 1. The van der Waals surface area contributed by atoms with Crippen LogP contribution in [0.5, 0.6) is 0 Å². The van der Waals surface area contributed by atoms with Gasteiger partial charge in [0, 0.05) is 25.5 Å². The van der Waals surface area contributed by atoms with E-state index in [-0.39, 0.29) is 11.6 Å².